The van der Waals surface area contributed by atoms with E-state index in [1.807, 2.05) is 71.7 Å². The highest BCUT2D eigenvalue weighted by molar-refractivity contribution is 9.10. The van der Waals surface area contributed by atoms with Crippen molar-refractivity contribution in [3.05, 3.63) is 94.5 Å². The Balaban J connectivity index is 1.77. The Kier molecular flexibility index (Phi) is 4.54. The van der Waals surface area contributed by atoms with E-state index in [-0.39, 0.29) is 5.91 Å². The molecule has 0 atom stereocenters. The predicted octanol–water partition coefficient (Wildman–Crippen LogP) is 4.81. The molecule has 0 spiro atoms. The topological polar surface area (TPSA) is 44.7 Å². The minimum absolute atomic E-state index is 0.188. The summed E-state index contributed by atoms with van der Waals surface area (Å²) in [7, 11) is 0. The zero-order valence-electron chi connectivity index (χ0n) is 13.9. The fraction of sp³-hybridized carbons (Fsp3) is 0.0476. The molecule has 0 aliphatic carbocycles. The normalized spacial score (nSPS) is 14.2. The summed E-state index contributed by atoms with van der Waals surface area (Å²) in [5.74, 6) is -0.188. The molecule has 1 amide bonds. The average molecular weight is 406 g/mol. The van der Waals surface area contributed by atoms with Crippen molar-refractivity contribution in [2.24, 2.45) is 5.10 Å². The lowest BCUT2D eigenvalue weighted by molar-refractivity contribution is -0.110. The van der Waals surface area contributed by atoms with Gasteiger partial charge in [0, 0.05) is 10.0 Å². The average Bonchev–Trinajstić information content (AvgIpc) is 2.97. The molecular weight excluding hydrogens is 390 g/mol. The second-order valence-electron chi connectivity index (χ2n) is 5.97. The quantitative estimate of drug-likeness (QED) is 0.632. The van der Waals surface area contributed by atoms with Crippen LogP contribution in [0.25, 0.3) is 0 Å². The number of nitrogens with one attached hydrogen (secondary N) is 1. The van der Waals surface area contributed by atoms with Crippen LogP contribution >= 0.6 is 15.9 Å². The molecule has 0 radical (unpaired) electrons. The summed E-state index contributed by atoms with van der Waals surface area (Å²) in [5.41, 5.74) is 4.05. The third kappa shape index (κ3) is 3.39. The molecule has 1 heterocycles. The lowest BCUT2D eigenvalue weighted by atomic mass is 10.1. The Bertz CT molecular complexity index is 971. The second-order valence-corrected chi connectivity index (χ2v) is 6.89. The molecule has 0 saturated carbocycles. The van der Waals surface area contributed by atoms with Crippen LogP contribution < -0.4 is 10.3 Å². The van der Waals surface area contributed by atoms with Gasteiger partial charge in [-0.15, -0.1) is 0 Å². The molecule has 128 valence electrons. The highest BCUT2D eigenvalue weighted by atomic mass is 79.9. The zero-order valence-corrected chi connectivity index (χ0v) is 15.5. The Hall–Kier alpha value is -2.92. The molecule has 4 nitrogen and oxygen atoms in total. The number of anilines is 2. The van der Waals surface area contributed by atoms with Gasteiger partial charge in [-0.1, -0.05) is 64.5 Å². The van der Waals surface area contributed by atoms with Gasteiger partial charge in [0.1, 0.15) is 0 Å². The summed E-state index contributed by atoms with van der Waals surface area (Å²) in [4.78, 5) is 12.5. The molecule has 1 N–H and O–H groups in total. The molecule has 1 aliphatic rings. The van der Waals surface area contributed by atoms with Crippen molar-refractivity contribution in [1.82, 2.24) is 0 Å². The van der Waals surface area contributed by atoms with Gasteiger partial charge >= 0.3 is 0 Å². The maximum absolute atomic E-state index is 12.5. The van der Waals surface area contributed by atoms with Crippen molar-refractivity contribution in [2.45, 2.75) is 6.54 Å². The molecule has 0 unspecified atom stereocenters. The zero-order chi connectivity index (χ0) is 17.9. The summed E-state index contributed by atoms with van der Waals surface area (Å²) in [6, 6.07) is 25.7. The molecule has 1 aliphatic heterocycles. The molecule has 0 saturated heterocycles. The number of rotatable bonds is 4. The van der Waals surface area contributed by atoms with E-state index in [9.17, 15) is 4.79 Å². The predicted molar refractivity (Wildman–Crippen MR) is 108 cm³/mol. The van der Waals surface area contributed by atoms with Crippen molar-refractivity contribution >= 4 is 38.9 Å². The monoisotopic (exact) mass is 405 g/mol. The van der Waals surface area contributed by atoms with Gasteiger partial charge in [-0.05, 0) is 35.9 Å². The first kappa shape index (κ1) is 16.5. The van der Waals surface area contributed by atoms with Crippen LogP contribution in [0.5, 0.6) is 0 Å². The third-order valence-electron chi connectivity index (χ3n) is 4.15. The van der Waals surface area contributed by atoms with Crippen LogP contribution in [0.4, 0.5) is 11.4 Å². The summed E-state index contributed by atoms with van der Waals surface area (Å²) in [5, 5.41) is 9.46. The van der Waals surface area contributed by atoms with Gasteiger partial charge in [-0.25, -0.2) is 0 Å². The van der Waals surface area contributed by atoms with Gasteiger partial charge < -0.3 is 5.32 Å². The van der Waals surface area contributed by atoms with Crippen molar-refractivity contribution < 1.29 is 4.79 Å². The lowest BCUT2D eigenvalue weighted by Crippen LogP contribution is -2.23. The van der Waals surface area contributed by atoms with Crippen LogP contribution in [0.15, 0.2) is 88.4 Å². The highest BCUT2D eigenvalue weighted by Gasteiger charge is 2.27. The van der Waals surface area contributed by atoms with Crippen LogP contribution in [0, 0.1) is 0 Å². The van der Waals surface area contributed by atoms with E-state index in [2.05, 4.69) is 33.4 Å². The number of amides is 1. The number of hydrazone groups is 1. The molecule has 5 heteroatoms. The van der Waals surface area contributed by atoms with Crippen molar-refractivity contribution in [3.63, 3.8) is 0 Å². The molecule has 3 aromatic carbocycles. The minimum Gasteiger partial charge on any atom is -0.320 e. The van der Waals surface area contributed by atoms with Crippen LogP contribution in [-0.2, 0) is 11.3 Å². The maximum Gasteiger partial charge on any atom is 0.276 e. The Morgan fingerprint density at radius 3 is 2.35 bits per heavy atom. The van der Waals surface area contributed by atoms with E-state index in [0.717, 1.165) is 27.0 Å². The second kappa shape index (κ2) is 7.14. The Morgan fingerprint density at radius 1 is 0.923 bits per heavy atom. The van der Waals surface area contributed by atoms with E-state index in [4.69, 9.17) is 5.10 Å². The molecular formula is C21H16BrN3O. The molecule has 3 aromatic rings. The highest BCUT2D eigenvalue weighted by Crippen LogP contribution is 2.28. The largest absolute Gasteiger partial charge is 0.320 e. The van der Waals surface area contributed by atoms with Crippen LogP contribution in [0.2, 0.25) is 0 Å². The van der Waals surface area contributed by atoms with E-state index in [1.54, 1.807) is 0 Å². The molecule has 0 aromatic heterocycles. The molecule has 4 rings (SSSR count). The summed E-state index contributed by atoms with van der Waals surface area (Å²) < 4.78 is 0.912. The first-order chi connectivity index (χ1) is 12.7. The number of benzene rings is 3. The first-order valence-electron chi connectivity index (χ1n) is 8.27. The Labute approximate surface area is 160 Å². The number of halogens is 1. The lowest BCUT2D eigenvalue weighted by Gasteiger charge is -2.20. The molecule has 26 heavy (non-hydrogen) atoms. The number of para-hydroxylation sites is 1. The number of nitrogens with zero attached hydrogens (tertiary/aromatic N) is 2. The standard InChI is InChI=1S/C21H16BrN3O/c22-16-11-12-19-18(13-16)20(21(26)23-19)24-25(17-9-5-2-6-10-17)14-15-7-3-1-4-8-15/h1-13H,14H2,(H,23,24,26). The van der Waals surface area contributed by atoms with E-state index in [1.165, 1.54) is 0 Å². The van der Waals surface area contributed by atoms with Gasteiger partial charge in [0.05, 0.1) is 17.9 Å². The summed E-state index contributed by atoms with van der Waals surface area (Å²) in [6.45, 7) is 0.574. The summed E-state index contributed by atoms with van der Waals surface area (Å²) >= 11 is 3.47. The minimum atomic E-state index is -0.188. The fourth-order valence-electron chi connectivity index (χ4n) is 2.89. The van der Waals surface area contributed by atoms with Crippen molar-refractivity contribution in [3.8, 4) is 0 Å². The number of hydrogen-bond acceptors (Lipinski definition) is 3. The maximum atomic E-state index is 12.5. The number of carbonyl (C=O) groups is 1. The summed E-state index contributed by atoms with van der Waals surface area (Å²) in [6.07, 6.45) is 0. The molecule has 0 fully saturated rings. The van der Waals surface area contributed by atoms with Crippen molar-refractivity contribution in [1.29, 1.82) is 0 Å². The van der Waals surface area contributed by atoms with E-state index < -0.39 is 0 Å². The Morgan fingerprint density at radius 2 is 1.62 bits per heavy atom. The smallest absolute Gasteiger partial charge is 0.276 e. The van der Waals surface area contributed by atoms with Crippen molar-refractivity contribution in [2.75, 3.05) is 10.3 Å². The van der Waals surface area contributed by atoms with Gasteiger partial charge in [0.2, 0.25) is 0 Å². The number of carbonyl (C=O) groups excluding carboxylic acids is 1. The van der Waals surface area contributed by atoms with Crippen LogP contribution in [0.1, 0.15) is 11.1 Å². The number of hydrogen-bond donors (Lipinski definition) is 1. The molecule has 0 bridgehead atoms. The SMILES string of the molecule is O=C1Nc2ccc(Br)cc2/C1=N\N(Cc1ccccc1)c1ccccc1. The third-order valence-corrected chi connectivity index (χ3v) is 4.64. The first-order valence-corrected chi connectivity index (χ1v) is 9.06. The van der Waals surface area contributed by atoms with Gasteiger partial charge in [0.25, 0.3) is 5.91 Å². The van der Waals surface area contributed by atoms with Gasteiger partial charge in [-0.2, -0.15) is 5.10 Å². The van der Waals surface area contributed by atoms with Gasteiger partial charge in [0.15, 0.2) is 5.71 Å². The van der Waals surface area contributed by atoms with Crippen LogP contribution in [-0.4, -0.2) is 11.6 Å². The van der Waals surface area contributed by atoms with E-state index >= 15 is 0 Å². The van der Waals surface area contributed by atoms with Crippen LogP contribution in [0.3, 0.4) is 0 Å². The van der Waals surface area contributed by atoms with Gasteiger partial charge in [-0.3, -0.25) is 9.80 Å². The fourth-order valence-corrected chi connectivity index (χ4v) is 3.25. The number of fused-ring (bicyclic) bond motifs is 1. The van der Waals surface area contributed by atoms with E-state index in [0.29, 0.717) is 12.3 Å².